The zero-order valence-electron chi connectivity index (χ0n) is 38.9. The first-order valence-corrected chi connectivity index (χ1v) is 24.5. The summed E-state index contributed by atoms with van der Waals surface area (Å²) in [6, 6.07) is 18.1. The monoisotopic (exact) mass is 1070 g/mol. The number of hydrazone groups is 1. The van der Waals surface area contributed by atoms with Gasteiger partial charge in [0.15, 0.2) is 9.84 Å². The van der Waals surface area contributed by atoms with Gasteiger partial charge in [-0.3, -0.25) is 14.6 Å². The van der Waals surface area contributed by atoms with E-state index in [1.807, 2.05) is 0 Å². The number of ether oxygens (including phenoxy) is 1. The first kappa shape index (κ1) is 56.8. The third kappa shape index (κ3) is 13.9. The third-order valence-electron chi connectivity index (χ3n) is 11.6. The van der Waals surface area contributed by atoms with Crippen LogP contribution in [-0.2, 0) is 30.8 Å². The van der Waals surface area contributed by atoms with E-state index >= 15 is 0 Å². The number of alkyl halides is 6. The summed E-state index contributed by atoms with van der Waals surface area (Å²) in [7, 11) is -2.50. The Morgan fingerprint density at radius 1 is 0.889 bits per heavy atom. The van der Waals surface area contributed by atoms with Crippen molar-refractivity contribution in [3.8, 4) is 11.1 Å². The molecule has 2 unspecified atom stereocenters. The first-order valence-electron chi connectivity index (χ1n) is 22.1. The van der Waals surface area contributed by atoms with E-state index in [4.69, 9.17) is 39.4 Å². The van der Waals surface area contributed by atoms with E-state index in [0.717, 1.165) is 5.01 Å². The number of aliphatic hydroxyl groups is 1. The number of carbonyl (C=O) groups excluding carboxylic acids is 4. The van der Waals surface area contributed by atoms with Crippen molar-refractivity contribution in [1.29, 1.82) is 0 Å². The Hall–Kier alpha value is -6.14. The molecule has 72 heavy (non-hydrogen) atoms. The molecule has 5 rings (SSSR count). The van der Waals surface area contributed by atoms with Gasteiger partial charge in [-0.2, -0.15) is 31.4 Å². The number of sulfone groups is 1. The number of benzene rings is 4. The first-order chi connectivity index (χ1) is 33.6. The highest BCUT2D eigenvalue weighted by atomic mass is 35.5. The molecule has 0 aromatic heterocycles. The van der Waals surface area contributed by atoms with Crippen molar-refractivity contribution < 1.29 is 63.8 Å². The van der Waals surface area contributed by atoms with Gasteiger partial charge in [0, 0.05) is 32.2 Å². The van der Waals surface area contributed by atoms with Gasteiger partial charge in [-0.25, -0.2) is 18.0 Å². The summed E-state index contributed by atoms with van der Waals surface area (Å²) in [6.07, 6.45) is -13.6. The number of primary amides is 1. The number of para-hydroxylation sites is 1. The van der Waals surface area contributed by atoms with E-state index in [0.29, 0.717) is 28.8 Å². The van der Waals surface area contributed by atoms with E-state index < -0.39 is 82.0 Å². The number of nitrogens with zero attached hydrogens (tertiary/aromatic N) is 3. The van der Waals surface area contributed by atoms with Gasteiger partial charge in [-0.15, -0.1) is 0 Å². The van der Waals surface area contributed by atoms with Crippen molar-refractivity contribution >= 4 is 74.1 Å². The molecule has 0 aliphatic carbocycles. The molecule has 1 heterocycles. The second-order valence-electron chi connectivity index (χ2n) is 17.1. The molecule has 0 saturated heterocycles. The molecule has 0 spiro atoms. The lowest BCUT2D eigenvalue weighted by atomic mass is 9.89. The lowest BCUT2D eigenvalue weighted by Crippen LogP contribution is -2.62. The van der Waals surface area contributed by atoms with Crippen LogP contribution in [0.25, 0.3) is 11.1 Å². The van der Waals surface area contributed by atoms with Gasteiger partial charge < -0.3 is 42.2 Å². The topological polar surface area (TPSA) is 239 Å². The van der Waals surface area contributed by atoms with Gasteiger partial charge in [0.25, 0.3) is 5.60 Å². The quantitative estimate of drug-likeness (QED) is 0.0367. The van der Waals surface area contributed by atoms with E-state index in [2.05, 4.69) is 21.1 Å². The van der Waals surface area contributed by atoms with E-state index in [1.165, 1.54) is 72.6 Å². The lowest BCUT2D eigenvalue weighted by Gasteiger charge is -2.32. The van der Waals surface area contributed by atoms with Crippen LogP contribution >= 0.6 is 23.2 Å². The largest absolute Gasteiger partial charge is 0.445 e. The van der Waals surface area contributed by atoms with E-state index in [-0.39, 0.29) is 70.4 Å². The van der Waals surface area contributed by atoms with Crippen LogP contribution in [-0.4, -0.2) is 104 Å². The minimum absolute atomic E-state index is 0.00504. The fourth-order valence-corrected chi connectivity index (χ4v) is 9.29. The fourth-order valence-electron chi connectivity index (χ4n) is 7.38. The number of nitrogens with two attached hydrogens (primary N) is 2. The minimum Gasteiger partial charge on any atom is -0.445 e. The maximum absolute atomic E-state index is 14.0. The average Bonchev–Trinajstić information content (AvgIpc) is 3.75. The molecule has 1 aliphatic rings. The van der Waals surface area contributed by atoms with Crippen LogP contribution in [0, 0.1) is 5.92 Å². The van der Waals surface area contributed by atoms with Gasteiger partial charge in [0.05, 0.1) is 44.2 Å². The number of urea groups is 1. The fraction of sp³-hybridized carbons (Fsp3) is 0.383. The molecule has 8 N–H and O–H groups in total. The van der Waals surface area contributed by atoms with Crippen molar-refractivity contribution in [1.82, 2.24) is 15.5 Å². The number of amides is 5. The normalized spacial score (nSPS) is 15.1. The minimum atomic E-state index is -6.19. The van der Waals surface area contributed by atoms with Crippen LogP contribution in [0.15, 0.2) is 101 Å². The lowest BCUT2D eigenvalue weighted by molar-refractivity contribution is -0.338. The third-order valence-corrected chi connectivity index (χ3v) is 14.0. The smallest absolute Gasteiger partial charge is 0.431 e. The van der Waals surface area contributed by atoms with Crippen LogP contribution in [0.1, 0.15) is 56.7 Å². The molecule has 1 aliphatic heterocycles. The molecule has 0 fully saturated rings. The molecule has 390 valence electrons. The Balaban J connectivity index is 1.17. The Bertz CT molecular complexity index is 2700. The number of halogens is 8. The molecular formula is C47H52Cl2F6N8O8S. The number of hydrogen-bond acceptors (Lipinski definition) is 11. The Morgan fingerprint density at radius 2 is 1.50 bits per heavy atom. The van der Waals surface area contributed by atoms with Gasteiger partial charge >= 0.3 is 24.5 Å². The molecule has 0 radical (unpaired) electrons. The highest BCUT2D eigenvalue weighted by Gasteiger charge is 2.74. The Labute approximate surface area is 420 Å². The number of nitrogens with one attached hydrogen (secondary N) is 3. The second-order valence-corrected chi connectivity index (χ2v) is 20.1. The van der Waals surface area contributed by atoms with Gasteiger partial charge in [0.2, 0.25) is 11.8 Å². The van der Waals surface area contributed by atoms with Crippen molar-refractivity contribution in [3.63, 3.8) is 0 Å². The summed E-state index contributed by atoms with van der Waals surface area (Å²) >= 11 is 12.6. The van der Waals surface area contributed by atoms with Crippen molar-refractivity contribution in [2.24, 2.45) is 22.5 Å². The van der Waals surface area contributed by atoms with Crippen molar-refractivity contribution in [2.75, 3.05) is 36.2 Å². The van der Waals surface area contributed by atoms with Crippen LogP contribution in [0.2, 0.25) is 10.0 Å². The summed E-state index contributed by atoms with van der Waals surface area (Å²) < 4.78 is 116. The molecule has 0 bridgehead atoms. The zero-order valence-corrected chi connectivity index (χ0v) is 41.2. The number of hydrogen-bond donors (Lipinski definition) is 6. The summed E-state index contributed by atoms with van der Waals surface area (Å²) in [6.45, 7) is 3.54. The maximum Gasteiger partial charge on any atom is 0.431 e. The Morgan fingerprint density at radius 3 is 2.08 bits per heavy atom. The van der Waals surface area contributed by atoms with Gasteiger partial charge in [0.1, 0.15) is 12.6 Å². The predicted molar refractivity (Wildman–Crippen MR) is 259 cm³/mol. The van der Waals surface area contributed by atoms with Gasteiger partial charge in [-0.05, 0) is 83.8 Å². The van der Waals surface area contributed by atoms with Crippen LogP contribution in [0.5, 0.6) is 0 Å². The SMILES string of the molecule is CC(C)C(N)C(=O)N[C@@H](CCCNC(N)=O)C(=O)Nc1ccc(COC(=O)N(C)CCCS(=O)(=O)c2cccc(-c3ccc(C4CC(C(O)(C(F)(F)F)C(F)(F)F)=NN4c4c(Cl)cccc4Cl)cc3)c2)cc1. The van der Waals surface area contributed by atoms with Crippen molar-refractivity contribution in [3.05, 3.63) is 112 Å². The molecule has 3 atom stereocenters. The van der Waals surface area contributed by atoms with Crippen LogP contribution in [0.3, 0.4) is 0 Å². The molecule has 5 amide bonds. The summed E-state index contributed by atoms with van der Waals surface area (Å²) in [4.78, 5) is 50.8. The number of rotatable bonds is 20. The summed E-state index contributed by atoms with van der Waals surface area (Å²) in [5.74, 6) is -1.60. The van der Waals surface area contributed by atoms with Crippen molar-refractivity contribution in [2.45, 2.75) is 87.1 Å². The molecule has 4 aromatic carbocycles. The summed E-state index contributed by atoms with van der Waals surface area (Å²) in [5, 5.41) is 22.2. The van der Waals surface area contributed by atoms with Gasteiger partial charge in [-0.1, -0.05) is 91.6 Å². The van der Waals surface area contributed by atoms with Crippen LogP contribution in [0.4, 0.5) is 47.3 Å². The molecule has 16 nitrogen and oxygen atoms in total. The average molecular weight is 1070 g/mol. The maximum atomic E-state index is 14.0. The molecule has 25 heteroatoms. The molecule has 0 saturated carbocycles. The highest BCUT2D eigenvalue weighted by molar-refractivity contribution is 7.91. The molecular weight excluding hydrogens is 1020 g/mol. The highest BCUT2D eigenvalue weighted by Crippen LogP contribution is 2.50. The predicted octanol–water partition coefficient (Wildman–Crippen LogP) is 8.11. The summed E-state index contributed by atoms with van der Waals surface area (Å²) in [5.41, 5.74) is 5.88. The number of carbonyl (C=O) groups is 4. The Kier molecular flexibility index (Phi) is 18.6. The number of anilines is 2. The second kappa shape index (κ2) is 23.6. The van der Waals surface area contributed by atoms with E-state index in [1.54, 1.807) is 44.2 Å². The molecule has 4 aromatic rings. The van der Waals surface area contributed by atoms with E-state index in [9.17, 15) is 59.0 Å². The zero-order chi connectivity index (χ0) is 53.3. The standard InChI is InChI=1S/C47H52Cl2F6N8O8S/c1-27(2)39(56)42(65)60-36(12-6-21-58-43(57)66)41(64)59-32-19-13-28(14-20-32)26-71-44(67)62(3)22-7-23-72(69,70)33-9-4-8-31(24-33)29-15-17-30(18-16-29)37-25-38(45(68,46(50,51)52)47(53,54)55)61-63(37)40-34(48)10-5-11-35(40)49/h4-5,8-11,13-20,24,27,36-37,39,68H,6-7,12,21-23,25-26,56H2,1-3H3,(H,59,64)(H,60,65)(H3,57,58,66)/t36-,37?,39?/m0/s1. The van der Waals surface area contributed by atoms with Crippen LogP contribution < -0.4 is 32.4 Å².